The van der Waals surface area contributed by atoms with E-state index in [-0.39, 0.29) is 6.61 Å². The van der Waals surface area contributed by atoms with Crippen LogP contribution in [-0.2, 0) is 14.3 Å². The Balaban J connectivity index is 2.07. The quantitative estimate of drug-likeness (QED) is 0.697. The third-order valence-electron chi connectivity index (χ3n) is 2.88. The maximum Gasteiger partial charge on any atom is 0.325 e. The van der Waals surface area contributed by atoms with E-state index in [0.29, 0.717) is 5.92 Å². The number of rotatable bonds is 5. The second-order valence-corrected chi connectivity index (χ2v) is 4.17. The summed E-state index contributed by atoms with van der Waals surface area (Å²) < 4.78 is 9.94. The Morgan fingerprint density at radius 1 is 1.40 bits per heavy atom. The van der Waals surface area contributed by atoms with Crippen LogP contribution in [0.15, 0.2) is 0 Å². The van der Waals surface area contributed by atoms with Crippen molar-refractivity contribution in [2.45, 2.75) is 38.1 Å². The van der Waals surface area contributed by atoms with Crippen LogP contribution in [0.25, 0.3) is 0 Å². The molecular weight excluding hydrogens is 194 g/mol. The molecule has 15 heavy (non-hydrogen) atoms. The molecule has 1 atom stereocenters. The summed E-state index contributed by atoms with van der Waals surface area (Å²) >= 11 is 0. The number of hydrogen-bond acceptors (Lipinski definition) is 4. The van der Waals surface area contributed by atoms with Gasteiger partial charge in [-0.2, -0.15) is 0 Å². The molecule has 88 valence electrons. The van der Waals surface area contributed by atoms with Crippen molar-refractivity contribution in [3.63, 3.8) is 0 Å². The number of carbonyl (C=O) groups is 1. The Hall–Kier alpha value is -0.610. The van der Waals surface area contributed by atoms with Gasteiger partial charge in [0.15, 0.2) is 0 Å². The lowest BCUT2D eigenvalue weighted by Crippen LogP contribution is -2.36. The van der Waals surface area contributed by atoms with Gasteiger partial charge in [-0.1, -0.05) is 19.3 Å². The van der Waals surface area contributed by atoms with Gasteiger partial charge in [-0.3, -0.25) is 4.79 Å². The molecule has 0 aliphatic heterocycles. The van der Waals surface area contributed by atoms with E-state index in [2.05, 4.69) is 4.74 Å². The lowest BCUT2D eigenvalue weighted by molar-refractivity contribution is -0.143. The van der Waals surface area contributed by atoms with E-state index in [0.717, 1.165) is 6.61 Å². The summed E-state index contributed by atoms with van der Waals surface area (Å²) in [5.74, 6) is 0.252. The predicted octanol–water partition coefficient (Wildman–Crippen LogP) is 1.08. The summed E-state index contributed by atoms with van der Waals surface area (Å²) in [4.78, 5) is 11.0. The second-order valence-electron chi connectivity index (χ2n) is 4.17. The standard InChI is InChI=1S/C11H21NO3/c1-14-11(13)10(12)8-15-7-9-5-3-2-4-6-9/h9-10H,2-8,12H2,1H3. The first-order valence-corrected chi connectivity index (χ1v) is 5.65. The van der Waals surface area contributed by atoms with E-state index in [1.54, 1.807) is 0 Å². The summed E-state index contributed by atoms with van der Waals surface area (Å²) in [6, 6.07) is -0.640. The van der Waals surface area contributed by atoms with Crippen LogP contribution in [0.3, 0.4) is 0 Å². The van der Waals surface area contributed by atoms with Crippen LogP contribution in [-0.4, -0.2) is 32.3 Å². The van der Waals surface area contributed by atoms with E-state index in [1.807, 2.05) is 0 Å². The number of hydrogen-bond donors (Lipinski definition) is 1. The summed E-state index contributed by atoms with van der Waals surface area (Å²) in [7, 11) is 1.34. The number of methoxy groups -OCH3 is 1. The number of esters is 1. The van der Waals surface area contributed by atoms with Crippen LogP contribution < -0.4 is 5.73 Å². The van der Waals surface area contributed by atoms with Crippen LogP contribution in [0.5, 0.6) is 0 Å². The molecule has 1 fully saturated rings. The molecule has 1 rings (SSSR count). The maximum atomic E-state index is 11.0. The average Bonchev–Trinajstić information content (AvgIpc) is 2.29. The van der Waals surface area contributed by atoms with Gasteiger partial charge < -0.3 is 15.2 Å². The Morgan fingerprint density at radius 2 is 2.07 bits per heavy atom. The zero-order chi connectivity index (χ0) is 11.1. The fraction of sp³-hybridized carbons (Fsp3) is 0.909. The minimum absolute atomic E-state index is 0.267. The minimum Gasteiger partial charge on any atom is -0.468 e. The summed E-state index contributed by atoms with van der Waals surface area (Å²) in [5, 5.41) is 0. The van der Waals surface area contributed by atoms with Gasteiger partial charge in [0.25, 0.3) is 0 Å². The first-order chi connectivity index (χ1) is 7.24. The molecule has 1 aliphatic rings. The van der Waals surface area contributed by atoms with Crippen molar-refractivity contribution >= 4 is 5.97 Å². The molecule has 1 saturated carbocycles. The molecule has 4 nitrogen and oxygen atoms in total. The molecule has 0 radical (unpaired) electrons. The minimum atomic E-state index is -0.640. The highest BCUT2D eigenvalue weighted by Gasteiger charge is 2.16. The van der Waals surface area contributed by atoms with Crippen molar-refractivity contribution in [3.05, 3.63) is 0 Å². The van der Waals surface area contributed by atoms with Crippen LogP contribution in [0, 0.1) is 5.92 Å². The van der Waals surface area contributed by atoms with Crippen molar-refractivity contribution in [1.29, 1.82) is 0 Å². The van der Waals surface area contributed by atoms with E-state index >= 15 is 0 Å². The number of nitrogens with two attached hydrogens (primary N) is 1. The van der Waals surface area contributed by atoms with E-state index in [1.165, 1.54) is 39.2 Å². The molecule has 2 N–H and O–H groups in total. The molecule has 0 bridgehead atoms. The molecule has 0 saturated heterocycles. The predicted molar refractivity (Wildman–Crippen MR) is 57.4 cm³/mol. The highest BCUT2D eigenvalue weighted by atomic mass is 16.5. The monoisotopic (exact) mass is 215 g/mol. The lowest BCUT2D eigenvalue weighted by Gasteiger charge is -2.21. The van der Waals surface area contributed by atoms with Gasteiger partial charge in [-0.05, 0) is 18.8 Å². The van der Waals surface area contributed by atoms with Gasteiger partial charge in [-0.25, -0.2) is 0 Å². The Bertz CT molecular complexity index is 190. The summed E-state index contributed by atoms with van der Waals surface area (Å²) in [6.07, 6.45) is 6.44. The second kappa shape index (κ2) is 6.80. The van der Waals surface area contributed by atoms with Crippen molar-refractivity contribution in [1.82, 2.24) is 0 Å². The van der Waals surface area contributed by atoms with Crippen molar-refractivity contribution in [3.8, 4) is 0 Å². The Morgan fingerprint density at radius 3 is 2.67 bits per heavy atom. The number of ether oxygens (including phenoxy) is 2. The Labute approximate surface area is 91.1 Å². The van der Waals surface area contributed by atoms with Gasteiger partial charge >= 0.3 is 5.97 Å². The fourth-order valence-electron chi connectivity index (χ4n) is 1.93. The highest BCUT2D eigenvalue weighted by molar-refractivity contribution is 5.75. The average molecular weight is 215 g/mol. The first-order valence-electron chi connectivity index (χ1n) is 5.65. The topological polar surface area (TPSA) is 61.5 Å². The molecule has 1 aliphatic carbocycles. The molecule has 0 heterocycles. The molecule has 0 aromatic heterocycles. The fourth-order valence-corrected chi connectivity index (χ4v) is 1.93. The zero-order valence-electron chi connectivity index (χ0n) is 9.41. The highest BCUT2D eigenvalue weighted by Crippen LogP contribution is 2.23. The SMILES string of the molecule is COC(=O)C(N)COCC1CCCCC1. The van der Waals surface area contributed by atoms with Crippen LogP contribution in [0.1, 0.15) is 32.1 Å². The normalized spacial score (nSPS) is 19.9. The van der Waals surface area contributed by atoms with Gasteiger partial charge in [0.1, 0.15) is 6.04 Å². The molecule has 0 amide bonds. The smallest absolute Gasteiger partial charge is 0.325 e. The van der Waals surface area contributed by atoms with Crippen LogP contribution >= 0.6 is 0 Å². The number of carbonyl (C=O) groups excluding carboxylic acids is 1. The molecule has 0 aromatic rings. The molecule has 1 unspecified atom stereocenters. The summed E-state index contributed by atoms with van der Waals surface area (Å²) in [5.41, 5.74) is 5.54. The van der Waals surface area contributed by atoms with Crippen molar-refractivity contribution < 1.29 is 14.3 Å². The van der Waals surface area contributed by atoms with Crippen molar-refractivity contribution in [2.75, 3.05) is 20.3 Å². The van der Waals surface area contributed by atoms with Gasteiger partial charge in [0.2, 0.25) is 0 Å². The molecule has 0 aromatic carbocycles. The lowest BCUT2D eigenvalue weighted by atomic mass is 9.90. The molecular formula is C11H21NO3. The van der Waals surface area contributed by atoms with E-state index in [4.69, 9.17) is 10.5 Å². The largest absolute Gasteiger partial charge is 0.468 e. The van der Waals surface area contributed by atoms with Gasteiger partial charge in [0.05, 0.1) is 13.7 Å². The maximum absolute atomic E-state index is 11.0. The summed E-state index contributed by atoms with van der Waals surface area (Å²) in [6.45, 7) is 0.994. The van der Waals surface area contributed by atoms with Gasteiger partial charge in [-0.15, -0.1) is 0 Å². The van der Waals surface area contributed by atoms with E-state index < -0.39 is 12.0 Å². The van der Waals surface area contributed by atoms with Crippen molar-refractivity contribution in [2.24, 2.45) is 11.7 Å². The molecule has 0 spiro atoms. The zero-order valence-corrected chi connectivity index (χ0v) is 9.41. The van der Waals surface area contributed by atoms with Gasteiger partial charge in [0, 0.05) is 6.61 Å². The van der Waals surface area contributed by atoms with Crippen LogP contribution in [0.4, 0.5) is 0 Å². The van der Waals surface area contributed by atoms with E-state index in [9.17, 15) is 4.79 Å². The molecule has 4 heteroatoms. The third kappa shape index (κ3) is 4.62. The Kier molecular flexibility index (Phi) is 5.65. The van der Waals surface area contributed by atoms with Crippen LogP contribution in [0.2, 0.25) is 0 Å². The third-order valence-corrected chi connectivity index (χ3v) is 2.88. The first kappa shape index (κ1) is 12.5.